The summed E-state index contributed by atoms with van der Waals surface area (Å²) in [4.78, 5) is 25.4. The van der Waals surface area contributed by atoms with Crippen molar-refractivity contribution in [1.82, 2.24) is 4.90 Å². The van der Waals surface area contributed by atoms with Gasteiger partial charge in [0.2, 0.25) is 0 Å². The van der Waals surface area contributed by atoms with Crippen molar-refractivity contribution in [1.29, 1.82) is 0 Å². The third-order valence-electron chi connectivity index (χ3n) is 4.73. The van der Waals surface area contributed by atoms with Crippen molar-refractivity contribution in [3.8, 4) is 11.1 Å². The fraction of sp³-hybridized carbons (Fsp3) is 0.278. The Bertz CT molecular complexity index is 802. The summed E-state index contributed by atoms with van der Waals surface area (Å²) in [5.74, 6) is -0.323. The van der Waals surface area contributed by atoms with Crippen LogP contribution in [0.5, 0.6) is 0 Å². The van der Waals surface area contributed by atoms with Crippen LogP contribution in [0.2, 0.25) is 0 Å². The van der Waals surface area contributed by atoms with Gasteiger partial charge >= 0.3 is 0 Å². The number of nitrogens with zero attached hydrogens (tertiary/aromatic N) is 2. The van der Waals surface area contributed by atoms with E-state index < -0.39 is 6.04 Å². The standard InChI is InChI=1S/C18H17N3O2/c1-21-8-7-12-13(11-5-3-2-4-6-11)9-14-16(15(12)10-21)19-18(22)17(14)20-23/h2-6,9,17H,7-8,10H2,1H3,(H,19,22). The molecular formula is C18H17N3O2. The summed E-state index contributed by atoms with van der Waals surface area (Å²) < 4.78 is 0. The molecule has 5 nitrogen and oxygen atoms in total. The van der Waals surface area contributed by atoms with Crippen LogP contribution in [0, 0.1) is 4.91 Å². The highest BCUT2D eigenvalue weighted by atomic mass is 16.3. The molecule has 0 fully saturated rings. The van der Waals surface area contributed by atoms with Crippen molar-refractivity contribution in [3.05, 3.63) is 58.0 Å². The molecule has 0 saturated carbocycles. The lowest BCUT2D eigenvalue weighted by Crippen LogP contribution is -2.27. The second-order valence-electron chi connectivity index (χ2n) is 6.20. The summed E-state index contributed by atoms with van der Waals surface area (Å²) in [6.45, 7) is 1.75. The zero-order valence-corrected chi connectivity index (χ0v) is 12.9. The van der Waals surface area contributed by atoms with E-state index in [1.807, 2.05) is 24.3 Å². The number of rotatable bonds is 2. The lowest BCUT2D eigenvalue weighted by atomic mass is 9.87. The van der Waals surface area contributed by atoms with Crippen LogP contribution in [0.3, 0.4) is 0 Å². The molecule has 0 spiro atoms. The highest BCUT2D eigenvalue weighted by Gasteiger charge is 2.36. The number of hydrogen-bond donors (Lipinski definition) is 1. The van der Waals surface area contributed by atoms with Crippen LogP contribution in [0.15, 0.2) is 41.6 Å². The second-order valence-corrected chi connectivity index (χ2v) is 6.20. The van der Waals surface area contributed by atoms with E-state index in [4.69, 9.17) is 0 Å². The first-order chi connectivity index (χ1) is 11.2. The van der Waals surface area contributed by atoms with Gasteiger partial charge < -0.3 is 10.2 Å². The summed E-state index contributed by atoms with van der Waals surface area (Å²) >= 11 is 0. The van der Waals surface area contributed by atoms with E-state index in [-0.39, 0.29) is 5.91 Å². The number of nitrogens with one attached hydrogen (secondary N) is 1. The van der Waals surface area contributed by atoms with E-state index in [9.17, 15) is 9.70 Å². The molecule has 116 valence electrons. The van der Waals surface area contributed by atoms with Crippen LogP contribution >= 0.6 is 0 Å². The van der Waals surface area contributed by atoms with Crippen LogP contribution in [0.25, 0.3) is 11.1 Å². The van der Waals surface area contributed by atoms with Crippen LogP contribution in [-0.2, 0) is 17.8 Å². The summed E-state index contributed by atoms with van der Waals surface area (Å²) in [7, 11) is 2.07. The maximum absolute atomic E-state index is 12.1. The highest BCUT2D eigenvalue weighted by molar-refractivity contribution is 6.04. The molecule has 23 heavy (non-hydrogen) atoms. The first-order valence-corrected chi connectivity index (χ1v) is 7.75. The summed E-state index contributed by atoms with van der Waals surface area (Å²) in [6.07, 6.45) is 0.929. The predicted molar refractivity (Wildman–Crippen MR) is 89.1 cm³/mol. The van der Waals surface area contributed by atoms with Crippen molar-refractivity contribution in [2.24, 2.45) is 5.18 Å². The Morgan fingerprint density at radius 1 is 1.22 bits per heavy atom. The number of benzene rings is 2. The number of fused-ring (bicyclic) bond motifs is 3. The second kappa shape index (κ2) is 5.28. The smallest absolute Gasteiger partial charge is 0.257 e. The Morgan fingerprint density at radius 3 is 2.74 bits per heavy atom. The van der Waals surface area contributed by atoms with Gasteiger partial charge in [-0.05, 0) is 41.8 Å². The number of nitroso groups, excluding NO2 is 1. The molecule has 0 aromatic heterocycles. The van der Waals surface area contributed by atoms with Gasteiger partial charge in [-0.3, -0.25) is 4.79 Å². The molecule has 1 N–H and O–H groups in total. The summed E-state index contributed by atoms with van der Waals surface area (Å²) in [5, 5.41) is 5.90. The molecule has 2 aliphatic heterocycles. The van der Waals surface area contributed by atoms with Crippen LogP contribution in [0.1, 0.15) is 22.7 Å². The van der Waals surface area contributed by atoms with Gasteiger partial charge in [-0.1, -0.05) is 35.5 Å². The molecule has 1 amide bonds. The third kappa shape index (κ3) is 2.16. The normalized spacial score (nSPS) is 19.9. The number of carbonyl (C=O) groups is 1. The van der Waals surface area contributed by atoms with Crippen LogP contribution in [0.4, 0.5) is 5.69 Å². The first-order valence-electron chi connectivity index (χ1n) is 7.75. The van der Waals surface area contributed by atoms with E-state index in [2.05, 4.69) is 34.6 Å². The molecule has 2 aromatic rings. The SMILES string of the molecule is CN1CCc2c(-c3ccccc3)cc3c(c2C1)NC(=O)C3N=O. The molecule has 2 aromatic carbocycles. The van der Waals surface area contributed by atoms with Crippen molar-refractivity contribution in [2.75, 3.05) is 18.9 Å². The van der Waals surface area contributed by atoms with Crippen molar-refractivity contribution >= 4 is 11.6 Å². The molecule has 0 bridgehead atoms. The van der Waals surface area contributed by atoms with E-state index in [1.54, 1.807) is 0 Å². The molecule has 4 rings (SSSR count). The first kappa shape index (κ1) is 14.1. The molecule has 0 radical (unpaired) electrons. The maximum Gasteiger partial charge on any atom is 0.257 e. The number of carbonyl (C=O) groups excluding carboxylic acids is 1. The summed E-state index contributed by atoms with van der Waals surface area (Å²) in [6, 6.07) is 11.1. The van der Waals surface area contributed by atoms with E-state index in [0.29, 0.717) is 5.56 Å². The van der Waals surface area contributed by atoms with Crippen molar-refractivity contribution < 1.29 is 4.79 Å². The van der Waals surface area contributed by atoms with Gasteiger partial charge in [-0.25, -0.2) is 0 Å². The molecule has 2 heterocycles. The molecule has 0 saturated heterocycles. The summed E-state index contributed by atoms with van der Waals surface area (Å²) in [5.41, 5.74) is 6.10. The fourth-order valence-electron chi connectivity index (χ4n) is 3.59. The van der Waals surface area contributed by atoms with Gasteiger partial charge in [0.1, 0.15) is 0 Å². The Kier molecular flexibility index (Phi) is 3.23. The van der Waals surface area contributed by atoms with Crippen LogP contribution < -0.4 is 5.32 Å². The minimum Gasteiger partial charge on any atom is -0.323 e. The molecule has 1 unspecified atom stereocenters. The van der Waals surface area contributed by atoms with E-state index in [0.717, 1.165) is 41.9 Å². The minimum absolute atomic E-state index is 0.323. The Balaban J connectivity index is 1.98. The molecule has 5 heteroatoms. The van der Waals surface area contributed by atoms with Gasteiger partial charge in [0.15, 0.2) is 6.04 Å². The highest BCUT2D eigenvalue weighted by Crippen LogP contribution is 2.43. The number of anilines is 1. The number of likely N-dealkylation sites (N-methyl/N-ethyl adjacent to an activating group) is 1. The maximum atomic E-state index is 12.1. The Hall–Kier alpha value is -2.53. The molecular weight excluding hydrogens is 290 g/mol. The third-order valence-corrected chi connectivity index (χ3v) is 4.73. The zero-order chi connectivity index (χ0) is 16.0. The topological polar surface area (TPSA) is 61.8 Å². The van der Waals surface area contributed by atoms with E-state index >= 15 is 0 Å². The van der Waals surface area contributed by atoms with Crippen LogP contribution in [-0.4, -0.2) is 24.4 Å². The van der Waals surface area contributed by atoms with Gasteiger partial charge in [0, 0.05) is 18.7 Å². The van der Waals surface area contributed by atoms with Gasteiger partial charge in [-0.15, -0.1) is 4.91 Å². The number of amides is 1. The van der Waals surface area contributed by atoms with Crippen molar-refractivity contribution in [3.63, 3.8) is 0 Å². The van der Waals surface area contributed by atoms with Gasteiger partial charge in [-0.2, -0.15) is 0 Å². The zero-order valence-electron chi connectivity index (χ0n) is 12.9. The Morgan fingerprint density at radius 2 is 2.00 bits per heavy atom. The van der Waals surface area contributed by atoms with Crippen molar-refractivity contribution in [2.45, 2.75) is 19.0 Å². The molecule has 0 aliphatic carbocycles. The van der Waals surface area contributed by atoms with Gasteiger partial charge in [0.25, 0.3) is 5.91 Å². The number of hydrogen-bond acceptors (Lipinski definition) is 4. The Labute approximate surface area is 134 Å². The van der Waals surface area contributed by atoms with E-state index in [1.165, 1.54) is 5.56 Å². The average Bonchev–Trinajstić information content (AvgIpc) is 2.90. The lowest BCUT2D eigenvalue weighted by Gasteiger charge is -2.29. The minimum atomic E-state index is -0.940. The fourth-order valence-corrected chi connectivity index (χ4v) is 3.59. The predicted octanol–water partition coefficient (Wildman–Crippen LogP) is 3.10. The largest absolute Gasteiger partial charge is 0.323 e. The molecule has 2 aliphatic rings. The quantitative estimate of drug-likeness (QED) is 0.867. The lowest BCUT2D eigenvalue weighted by molar-refractivity contribution is -0.116. The average molecular weight is 307 g/mol. The molecule has 1 atom stereocenters. The van der Waals surface area contributed by atoms with Gasteiger partial charge in [0.05, 0.1) is 5.69 Å². The monoisotopic (exact) mass is 307 g/mol.